The number of nitrogens with one attached hydrogen (secondary N) is 1. The fourth-order valence-electron chi connectivity index (χ4n) is 1.75. The van der Waals surface area contributed by atoms with Crippen molar-refractivity contribution in [2.24, 2.45) is 0 Å². The van der Waals surface area contributed by atoms with E-state index in [1.165, 1.54) is 0 Å². The van der Waals surface area contributed by atoms with E-state index in [-0.39, 0.29) is 6.04 Å². The fraction of sp³-hybridized carbons (Fsp3) is 0.400. The van der Waals surface area contributed by atoms with Crippen molar-refractivity contribution in [1.29, 1.82) is 0 Å². The fourth-order valence-corrected chi connectivity index (χ4v) is 3.32. The van der Waals surface area contributed by atoms with Gasteiger partial charge in [-0.25, -0.2) is 13.1 Å². The molecule has 0 fully saturated rings. The molecule has 0 saturated heterocycles. The molecule has 0 bridgehead atoms. The first kappa shape index (κ1) is 9.68. The van der Waals surface area contributed by atoms with Crippen molar-refractivity contribution in [2.45, 2.75) is 30.7 Å². The molecule has 14 heavy (non-hydrogen) atoms. The van der Waals surface area contributed by atoms with Crippen LogP contribution in [0, 0.1) is 0 Å². The third-order valence-corrected chi connectivity index (χ3v) is 4.16. The highest BCUT2D eigenvalue weighted by Crippen LogP contribution is 2.23. The van der Waals surface area contributed by atoms with Crippen LogP contribution in [0.3, 0.4) is 0 Å². The Kier molecular flexibility index (Phi) is 2.33. The van der Waals surface area contributed by atoms with E-state index in [9.17, 15) is 8.42 Å². The molecule has 0 saturated carbocycles. The summed E-state index contributed by atoms with van der Waals surface area (Å²) in [6.45, 7) is 1.99. The molecule has 2 rings (SSSR count). The molecule has 0 aliphatic carbocycles. The average Bonchev–Trinajstić information content (AvgIpc) is 2.17. The Labute approximate surface area is 84.2 Å². The Bertz CT molecular complexity index is 439. The lowest BCUT2D eigenvalue weighted by Crippen LogP contribution is -2.40. The van der Waals surface area contributed by atoms with Gasteiger partial charge in [0.2, 0.25) is 10.0 Å². The van der Waals surface area contributed by atoms with Gasteiger partial charge in [0, 0.05) is 6.04 Å². The van der Waals surface area contributed by atoms with Crippen molar-refractivity contribution in [3.8, 4) is 0 Å². The number of hydrogen-bond donors (Lipinski definition) is 1. The van der Waals surface area contributed by atoms with Gasteiger partial charge in [-0.1, -0.05) is 25.1 Å². The van der Waals surface area contributed by atoms with Crippen molar-refractivity contribution in [2.75, 3.05) is 0 Å². The highest BCUT2D eigenvalue weighted by molar-refractivity contribution is 7.89. The smallest absolute Gasteiger partial charge is 0.208 e. The quantitative estimate of drug-likeness (QED) is 0.761. The predicted octanol–water partition coefficient (Wildman–Crippen LogP) is 1.30. The molecule has 1 atom stereocenters. The summed E-state index contributed by atoms with van der Waals surface area (Å²) in [4.78, 5) is 0.435. The second-order valence-corrected chi connectivity index (χ2v) is 5.22. The zero-order valence-corrected chi connectivity index (χ0v) is 8.84. The molecular formula is C10H13NO2S. The van der Waals surface area contributed by atoms with Crippen LogP contribution in [0.4, 0.5) is 0 Å². The third kappa shape index (κ3) is 1.55. The Morgan fingerprint density at radius 2 is 2.14 bits per heavy atom. The minimum Gasteiger partial charge on any atom is -0.208 e. The number of fused-ring (bicyclic) bond motifs is 1. The highest BCUT2D eigenvalue weighted by atomic mass is 32.2. The van der Waals surface area contributed by atoms with Gasteiger partial charge < -0.3 is 0 Å². The second kappa shape index (κ2) is 3.37. The Hall–Kier alpha value is -0.870. The SMILES string of the molecule is CCC1Cc2ccccc2S(=O)(=O)N1. The molecule has 1 unspecified atom stereocenters. The van der Waals surface area contributed by atoms with E-state index < -0.39 is 10.0 Å². The summed E-state index contributed by atoms with van der Waals surface area (Å²) in [5, 5.41) is 0. The summed E-state index contributed by atoms with van der Waals surface area (Å²) in [5.41, 5.74) is 0.929. The lowest BCUT2D eigenvalue weighted by atomic mass is 10.0. The maximum atomic E-state index is 11.7. The molecule has 4 heteroatoms. The minimum absolute atomic E-state index is 0.0508. The van der Waals surface area contributed by atoms with Crippen molar-refractivity contribution in [3.63, 3.8) is 0 Å². The highest BCUT2D eigenvalue weighted by Gasteiger charge is 2.27. The zero-order chi connectivity index (χ0) is 10.2. The van der Waals surface area contributed by atoms with Gasteiger partial charge in [0.05, 0.1) is 4.90 Å². The van der Waals surface area contributed by atoms with E-state index in [0.29, 0.717) is 4.90 Å². The monoisotopic (exact) mass is 211 g/mol. The molecule has 1 aromatic carbocycles. The van der Waals surface area contributed by atoms with Crippen LogP contribution < -0.4 is 4.72 Å². The van der Waals surface area contributed by atoms with Crippen LogP contribution in [-0.2, 0) is 16.4 Å². The number of rotatable bonds is 1. The maximum Gasteiger partial charge on any atom is 0.241 e. The lowest BCUT2D eigenvalue weighted by molar-refractivity contribution is 0.518. The molecule has 0 radical (unpaired) electrons. The van der Waals surface area contributed by atoms with Crippen LogP contribution in [0.1, 0.15) is 18.9 Å². The van der Waals surface area contributed by atoms with Crippen LogP contribution in [0.25, 0.3) is 0 Å². The summed E-state index contributed by atoms with van der Waals surface area (Å²) in [6, 6.07) is 7.23. The van der Waals surface area contributed by atoms with Gasteiger partial charge in [-0.05, 0) is 24.5 Å². The van der Waals surface area contributed by atoms with Gasteiger partial charge in [-0.3, -0.25) is 0 Å². The molecule has 1 aliphatic heterocycles. The van der Waals surface area contributed by atoms with Crippen molar-refractivity contribution in [3.05, 3.63) is 29.8 Å². The van der Waals surface area contributed by atoms with E-state index in [1.807, 2.05) is 19.1 Å². The molecule has 0 amide bonds. The minimum atomic E-state index is -3.25. The van der Waals surface area contributed by atoms with Crippen molar-refractivity contribution >= 4 is 10.0 Å². The van der Waals surface area contributed by atoms with Gasteiger partial charge in [-0.15, -0.1) is 0 Å². The number of hydrogen-bond acceptors (Lipinski definition) is 2. The molecule has 1 aliphatic rings. The summed E-state index contributed by atoms with van der Waals surface area (Å²) in [5.74, 6) is 0. The molecule has 76 valence electrons. The Balaban J connectivity index is 2.53. The van der Waals surface area contributed by atoms with E-state index >= 15 is 0 Å². The van der Waals surface area contributed by atoms with E-state index in [1.54, 1.807) is 12.1 Å². The van der Waals surface area contributed by atoms with Gasteiger partial charge in [-0.2, -0.15) is 0 Å². The maximum absolute atomic E-state index is 11.7. The molecule has 3 nitrogen and oxygen atoms in total. The summed E-state index contributed by atoms with van der Waals surface area (Å²) < 4.78 is 26.1. The van der Waals surface area contributed by atoms with Gasteiger partial charge in [0.25, 0.3) is 0 Å². The average molecular weight is 211 g/mol. The third-order valence-electron chi connectivity index (χ3n) is 2.54. The first-order chi connectivity index (χ1) is 6.63. The van der Waals surface area contributed by atoms with Gasteiger partial charge >= 0.3 is 0 Å². The first-order valence-electron chi connectivity index (χ1n) is 4.73. The molecule has 1 N–H and O–H groups in total. The predicted molar refractivity (Wildman–Crippen MR) is 54.5 cm³/mol. The Morgan fingerprint density at radius 1 is 1.43 bits per heavy atom. The summed E-state index contributed by atoms with van der Waals surface area (Å²) in [7, 11) is -3.25. The molecule has 0 spiro atoms. The lowest BCUT2D eigenvalue weighted by Gasteiger charge is -2.24. The molecular weight excluding hydrogens is 198 g/mol. The second-order valence-electron chi connectivity index (χ2n) is 3.54. The van der Waals surface area contributed by atoms with Crippen LogP contribution in [0.15, 0.2) is 29.2 Å². The van der Waals surface area contributed by atoms with Crippen LogP contribution in [0.5, 0.6) is 0 Å². The molecule has 0 aromatic heterocycles. The van der Waals surface area contributed by atoms with E-state index in [4.69, 9.17) is 0 Å². The Morgan fingerprint density at radius 3 is 2.86 bits per heavy atom. The number of benzene rings is 1. The molecule has 1 aromatic rings. The standard InChI is InChI=1S/C10H13NO2S/c1-2-9-7-8-5-3-4-6-10(8)14(12,13)11-9/h3-6,9,11H,2,7H2,1H3. The van der Waals surface area contributed by atoms with E-state index in [0.717, 1.165) is 18.4 Å². The normalized spacial score (nSPS) is 24.2. The topological polar surface area (TPSA) is 46.2 Å². The zero-order valence-electron chi connectivity index (χ0n) is 8.03. The van der Waals surface area contributed by atoms with E-state index in [2.05, 4.69) is 4.72 Å². The largest absolute Gasteiger partial charge is 0.241 e. The van der Waals surface area contributed by atoms with Crippen molar-refractivity contribution in [1.82, 2.24) is 4.72 Å². The van der Waals surface area contributed by atoms with Gasteiger partial charge in [0.1, 0.15) is 0 Å². The molecule has 1 heterocycles. The first-order valence-corrected chi connectivity index (χ1v) is 6.22. The van der Waals surface area contributed by atoms with Crippen LogP contribution in [-0.4, -0.2) is 14.5 Å². The van der Waals surface area contributed by atoms with Gasteiger partial charge in [0.15, 0.2) is 0 Å². The summed E-state index contributed by atoms with van der Waals surface area (Å²) >= 11 is 0. The number of sulfonamides is 1. The van der Waals surface area contributed by atoms with Crippen molar-refractivity contribution < 1.29 is 8.42 Å². The summed E-state index contributed by atoms with van der Waals surface area (Å²) in [6.07, 6.45) is 1.62. The van der Waals surface area contributed by atoms with Crippen LogP contribution in [0.2, 0.25) is 0 Å². The van der Waals surface area contributed by atoms with Crippen LogP contribution >= 0.6 is 0 Å².